The molecular formula is C18H22N2O2S. The lowest BCUT2D eigenvalue weighted by atomic mass is 10.1. The van der Waals surface area contributed by atoms with Gasteiger partial charge in [0.05, 0.1) is 13.7 Å². The molecule has 0 spiro atoms. The van der Waals surface area contributed by atoms with Gasteiger partial charge in [-0.2, -0.15) is 0 Å². The molecule has 2 aromatic carbocycles. The number of rotatable bonds is 8. The molecule has 0 saturated heterocycles. The van der Waals surface area contributed by atoms with Gasteiger partial charge in [0.25, 0.3) is 0 Å². The van der Waals surface area contributed by atoms with Crippen LogP contribution in [0, 0.1) is 0 Å². The predicted octanol–water partition coefficient (Wildman–Crippen LogP) is 2.78. The minimum absolute atomic E-state index is 0.548. The zero-order valence-corrected chi connectivity index (χ0v) is 14.1. The van der Waals surface area contributed by atoms with Crippen LogP contribution in [0.3, 0.4) is 0 Å². The lowest BCUT2D eigenvalue weighted by Crippen LogP contribution is -2.38. The maximum Gasteiger partial charge on any atom is 0.166 e. The summed E-state index contributed by atoms with van der Waals surface area (Å²) < 4.78 is 10.7. The van der Waals surface area contributed by atoms with Crippen LogP contribution in [0.1, 0.15) is 5.56 Å². The summed E-state index contributed by atoms with van der Waals surface area (Å²) in [7, 11) is 1.64. The second kappa shape index (κ2) is 9.69. The minimum atomic E-state index is 0.548. The maximum absolute atomic E-state index is 5.62. The van der Waals surface area contributed by atoms with Gasteiger partial charge in [-0.05, 0) is 48.5 Å². The molecule has 122 valence electrons. The molecule has 5 heteroatoms. The van der Waals surface area contributed by atoms with Gasteiger partial charge in [0.1, 0.15) is 18.1 Å². The maximum atomic E-state index is 5.62. The van der Waals surface area contributed by atoms with Crippen molar-refractivity contribution in [3.63, 3.8) is 0 Å². The van der Waals surface area contributed by atoms with E-state index in [1.54, 1.807) is 7.11 Å². The van der Waals surface area contributed by atoms with Crippen molar-refractivity contribution in [2.45, 2.75) is 6.42 Å². The normalized spacial score (nSPS) is 9.96. The van der Waals surface area contributed by atoms with E-state index in [-0.39, 0.29) is 0 Å². The molecule has 0 amide bonds. The van der Waals surface area contributed by atoms with Gasteiger partial charge in [-0.15, -0.1) is 0 Å². The highest BCUT2D eigenvalue weighted by molar-refractivity contribution is 7.80. The van der Waals surface area contributed by atoms with Crippen LogP contribution >= 0.6 is 12.2 Å². The fourth-order valence-corrected chi connectivity index (χ4v) is 2.24. The molecule has 0 aliphatic heterocycles. The van der Waals surface area contributed by atoms with E-state index in [1.165, 1.54) is 5.56 Å². The largest absolute Gasteiger partial charge is 0.497 e. The number of benzene rings is 2. The Labute approximate surface area is 142 Å². The molecule has 0 aromatic heterocycles. The smallest absolute Gasteiger partial charge is 0.166 e. The van der Waals surface area contributed by atoms with Gasteiger partial charge in [0.15, 0.2) is 5.11 Å². The summed E-state index contributed by atoms with van der Waals surface area (Å²) >= 11 is 5.24. The van der Waals surface area contributed by atoms with Gasteiger partial charge in [0.2, 0.25) is 0 Å². The van der Waals surface area contributed by atoms with Crippen molar-refractivity contribution in [2.75, 3.05) is 26.8 Å². The van der Waals surface area contributed by atoms with E-state index < -0.39 is 0 Å². The average Bonchev–Trinajstić information content (AvgIpc) is 2.60. The fourth-order valence-electron chi connectivity index (χ4n) is 2.03. The third-order valence-corrected chi connectivity index (χ3v) is 3.55. The summed E-state index contributed by atoms with van der Waals surface area (Å²) in [6.45, 7) is 2.02. The predicted molar refractivity (Wildman–Crippen MR) is 97.2 cm³/mol. The van der Waals surface area contributed by atoms with Crippen LogP contribution < -0.4 is 20.1 Å². The lowest BCUT2D eigenvalue weighted by molar-refractivity contribution is 0.321. The highest BCUT2D eigenvalue weighted by Gasteiger charge is 1.98. The zero-order valence-electron chi connectivity index (χ0n) is 13.2. The topological polar surface area (TPSA) is 42.5 Å². The first-order chi connectivity index (χ1) is 11.3. The molecule has 0 aliphatic carbocycles. The van der Waals surface area contributed by atoms with Crippen LogP contribution in [-0.4, -0.2) is 31.9 Å². The summed E-state index contributed by atoms with van der Waals surface area (Å²) in [4.78, 5) is 0. The van der Waals surface area contributed by atoms with Crippen LogP contribution in [0.4, 0.5) is 0 Å². The quantitative estimate of drug-likeness (QED) is 0.575. The van der Waals surface area contributed by atoms with Crippen molar-refractivity contribution < 1.29 is 9.47 Å². The van der Waals surface area contributed by atoms with Gasteiger partial charge in [-0.1, -0.05) is 30.3 Å². The fraction of sp³-hybridized carbons (Fsp3) is 0.278. The first-order valence-corrected chi connectivity index (χ1v) is 8.01. The van der Waals surface area contributed by atoms with Gasteiger partial charge >= 0.3 is 0 Å². The number of methoxy groups -OCH3 is 1. The Balaban J connectivity index is 1.55. The van der Waals surface area contributed by atoms with Crippen molar-refractivity contribution in [1.82, 2.24) is 10.6 Å². The summed E-state index contributed by atoms with van der Waals surface area (Å²) in [5.41, 5.74) is 1.30. The van der Waals surface area contributed by atoms with Crippen molar-refractivity contribution in [3.05, 3.63) is 60.2 Å². The molecule has 23 heavy (non-hydrogen) atoms. The highest BCUT2D eigenvalue weighted by atomic mass is 32.1. The van der Waals surface area contributed by atoms with Crippen molar-refractivity contribution >= 4 is 17.3 Å². The van der Waals surface area contributed by atoms with Crippen molar-refractivity contribution in [3.8, 4) is 11.5 Å². The van der Waals surface area contributed by atoms with Crippen LogP contribution in [-0.2, 0) is 6.42 Å². The molecular weight excluding hydrogens is 308 g/mol. The van der Waals surface area contributed by atoms with Crippen LogP contribution in [0.25, 0.3) is 0 Å². The lowest BCUT2D eigenvalue weighted by Gasteiger charge is -2.11. The molecule has 0 radical (unpaired) electrons. The Kier molecular flexibility index (Phi) is 7.20. The van der Waals surface area contributed by atoms with Crippen molar-refractivity contribution in [2.24, 2.45) is 0 Å². The van der Waals surface area contributed by atoms with E-state index in [0.717, 1.165) is 24.5 Å². The Morgan fingerprint density at radius 1 is 0.913 bits per heavy atom. The number of ether oxygens (including phenoxy) is 2. The third kappa shape index (κ3) is 6.57. The first kappa shape index (κ1) is 17.1. The van der Waals surface area contributed by atoms with Gasteiger partial charge in [-0.3, -0.25) is 0 Å². The Bertz CT molecular complexity index is 588. The second-order valence-corrected chi connectivity index (χ2v) is 5.35. The van der Waals surface area contributed by atoms with Crippen molar-refractivity contribution in [1.29, 1.82) is 0 Å². The molecule has 2 N–H and O–H groups in total. The number of thiocarbonyl (C=S) groups is 1. The molecule has 0 fully saturated rings. The molecule has 2 aromatic rings. The Hall–Kier alpha value is -2.27. The summed E-state index contributed by atoms with van der Waals surface area (Å²) in [5, 5.41) is 6.98. The summed E-state index contributed by atoms with van der Waals surface area (Å²) in [5.74, 6) is 1.63. The molecule has 4 nitrogen and oxygen atoms in total. The molecule has 2 rings (SSSR count). The van der Waals surface area contributed by atoms with E-state index in [9.17, 15) is 0 Å². The van der Waals surface area contributed by atoms with E-state index in [4.69, 9.17) is 21.7 Å². The number of hydrogen-bond donors (Lipinski definition) is 2. The minimum Gasteiger partial charge on any atom is -0.497 e. The van der Waals surface area contributed by atoms with Gasteiger partial charge < -0.3 is 20.1 Å². The molecule has 0 aliphatic rings. The SMILES string of the molecule is COc1ccc(OCCNC(=S)NCCc2ccccc2)cc1. The highest BCUT2D eigenvalue weighted by Crippen LogP contribution is 2.16. The van der Waals surface area contributed by atoms with E-state index >= 15 is 0 Å². The summed E-state index contributed by atoms with van der Waals surface area (Å²) in [6, 6.07) is 17.8. The van der Waals surface area contributed by atoms with E-state index in [0.29, 0.717) is 18.3 Å². The van der Waals surface area contributed by atoms with E-state index in [2.05, 4.69) is 22.8 Å². The van der Waals surface area contributed by atoms with E-state index in [1.807, 2.05) is 42.5 Å². The summed E-state index contributed by atoms with van der Waals surface area (Å²) in [6.07, 6.45) is 0.949. The van der Waals surface area contributed by atoms with Crippen LogP contribution in [0.5, 0.6) is 11.5 Å². The molecule has 0 saturated carbocycles. The van der Waals surface area contributed by atoms with Gasteiger partial charge in [-0.25, -0.2) is 0 Å². The molecule has 0 unspecified atom stereocenters. The third-order valence-electron chi connectivity index (χ3n) is 3.26. The first-order valence-electron chi connectivity index (χ1n) is 7.60. The number of hydrogen-bond acceptors (Lipinski definition) is 3. The molecule has 0 bridgehead atoms. The zero-order chi connectivity index (χ0) is 16.3. The van der Waals surface area contributed by atoms with Crippen LogP contribution in [0.2, 0.25) is 0 Å². The standard InChI is InChI=1S/C18H22N2O2S/c1-21-16-7-9-17(10-8-16)22-14-13-20-18(23)19-12-11-15-5-3-2-4-6-15/h2-10H,11-14H2,1H3,(H2,19,20,23). The molecule has 0 atom stereocenters. The average molecular weight is 330 g/mol. The molecule has 0 heterocycles. The monoisotopic (exact) mass is 330 g/mol. The van der Waals surface area contributed by atoms with Gasteiger partial charge in [0, 0.05) is 6.54 Å². The second-order valence-electron chi connectivity index (χ2n) is 4.94. The Morgan fingerprint density at radius 3 is 2.26 bits per heavy atom. The number of nitrogens with one attached hydrogen (secondary N) is 2. The Morgan fingerprint density at radius 2 is 1.57 bits per heavy atom. The van der Waals surface area contributed by atoms with Crippen LogP contribution in [0.15, 0.2) is 54.6 Å².